The summed E-state index contributed by atoms with van der Waals surface area (Å²) in [5, 5.41) is 7.18. The van der Waals surface area contributed by atoms with Gasteiger partial charge in [0.05, 0.1) is 5.69 Å². The summed E-state index contributed by atoms with van der Waals surface area (Å²) < 4.78 is 0. The third-order valence-electron chi connectivity index (χ3n) is 5.46. The minimum atomic E-state index is 0.622. The molecule has 4 heterocycles. The van der Waals surface area contributed by atoms with E-state index in [9.17, 15) is 0 Å². The summed E-state index contributed by atoms with van der Waals surface area (Å²) in [6, 6.07) is 11.6. The first-order chi connectivity index (χ1) is 11.9. The third kappa shape index (κ3) is 2.48. The van der Waals surface area contributed by atoms with Crippen molar-refractivity contribution in [3.05, 3.63) is 41.6 Å². The second-order valence-corrected chi connectivity index (χ2v) is 7.13. The average Bonchev–Trinajstić information content (AvgIpc) is 2.99. The van der Waals surface area contributed by atoms with Crippen molar-refractivity contribution in [2.75, 3.05) is 24.5 Å². The fraction of sp³-hybridized carbons (Fsp3) is 0.474. The molecule has 2 N–H and O–H groups in total. The SMILES string of the molecule is c1ccc(-c2nc3c(c(N4C[C@H]5CC[C@@H](C4)N5)n2)CCNC3)cc1. The maximum atomic E-state index is 5.04. The first-order valence-corrected chi connectivity index (χ1v) is 9.04. The fourth-order valence-corrected chi connectivity index (χ4v) is 4.29. The Kier molecular flexibility index (Phi) is 3.49. The fourth-order valence-electron chi connectivity index (χ4n) is 4.29. The quantitative estimate of drug-likeness (QED) is 0.882. The summed E-state index contributed by atoms with van der Waals surface area (Å²) >= 11 is 0. The summed E-state index contributed by atoms with van der Waals surface area (Å²) in [5.41, 5.74) is 3.64. The van der Waals surface area contributed by atoms with E-state index in [1.165, 1.54) is 29.9 Å². The Bertz CT molecular complexity index is 733. The Balaban J connectivity index is 1.59. The van der Waals surface area contributed by atoms with E-state index in [0.29, 0.717) is 12.1 Å². The van der Waals surface area contributed by atoms with Gasteiger partial charge in [0.1, 0.15) is 5.82 Å². The lowest BCUT2D eigenvalue weighted by Gasteiger charge is -2.36. The van der Waals surface area contributed by atoms with Gasteiger partial charge in [0, 0.05) is 42.8 Å². The molecule has 2 atom stereocenters. The highest BCUT2D eigenvalue weighted by Gasteiger charge is 2.34. The Labute approximate surface area is 142 Å². The highest BCUT2D eigenvalue weighted by molar-refractivity contribution is 5.61. The van der Waals surface area contributed by atoms with Crippen molar-refractivity contribution >= 4 is 5.82 Å². The number of anilines is 1. The second-order valence-electron chi connectivity index (χ2n) is 7.13. The number of benzene rings is 1. The van der Waals surface area contributed by atoms with Crippen LogP contribution in [0.4, 0.5) is 5.82 Å². The van der Waals surface area contributed by atoms with Crippen LogP contribution in [0.1, 0.15) is 24.1 Å². The highest BCUT2D eigenvalue weighted by atomic mass is 15.3. The largest absolute Gasteiger partial charge is 0.353 e. The smallest absolute Gasteiger partial charge is 0.161 e. The molecule has 0 radical (unpaired) electrons. The van der Waals surface area contributed by atoms with Crippen LogP contribution in [0.2, 0.25) is 0 Å². The Morgan fingerprint density at radius 1 is 1.00 bits per heavy atom. The van der Waals surface area contributed by atoms with E-state index in [1.54, 1.807) is 0 Å². The van der Waals surface area contributed by atoms with Gasteiger partial charge in [-0.3, -0.25) is 0 Å². The van der Waals surface area contributed by atoms with Crippen LogP contribution in [-0.2, 0) is 13.0 Å². The molecule has 5 nitrogen and oxygen atoms in total. The predicted octanol–water partition coefficient (Wildman–Crippen LogP) is 1.73. The van der Waals surface area contributed by atoms with Crippen LogP contribution in [0.25, 0.3) is 11.4 Å². The van der Waals surface area contributed by atoms with Gasteiger partial charge in [-0.15, -0.1) is 0 Å². The Morgan fingerprint density at radius 3 is 2.58 bits per heavy atom. The van der Waals surface area contributed by atoms with Crippen LogP contribution < -0.4 is 15.5 Å². The zero-order chi connectivity index (χ0) is 15.9. The summed E-state index contributed by atoms with van der Waals surface area (Å²) in [5.74, 6) is 2.04. The highest BCUT2D eigenvalue weighted by Crippen LogP contribution is 2.31. The summed E-state index contributed by atoms with van der Waals surface area (Å²) in [7, 11) is 0. The van der Waals surface area contributed by atoms with Crippen LogP contribution >= 0.6 is 0 Å². The molecule has 5 rings (SSSR count). The minimum absolute atomic E-state index is 0.622. The van der Waals surface area contributed by atoms with Crippen molar-refractivity contribution in [2.24, 2.45) is 0 Å². The Morgan fingerprint density at radius 2 is 1.79 bits per heavy atom. The van der Waals surface area contributed by atoms with E-state index in [-0.39, 0.29) is 0 Å². The molecule has 124 valence electrons. The van der Waals surface area contributed by atoms with E-state index < -0.39 is 0 Å². The van der Waals surface area contributed by atoms with Gasteiger partial charge in [-0.1, -0.05) is 30.3 Å². The number of nitrogens with one attached hydrogen (secondary N) is 2. The molecular formula is C19H23N5. The van der Waals surface area contributed by atoms with Gasteiger partial charge in [0.25, 0.3) is 0 Å². The molecule has 3 aliphatic heterocycles. The zero-order valence-corrected chi connectivity index (χ0v) is 13.8. The van der Waals surface area contributed by atoms with E-state index in [0.717, 1.165) is 44.0 Å². The second kappa shape index (κ2) is 5.83. The first-order valence-electron chi connectivity index (χ1n) is 9.04. The number of hydrogen-bond acceptors (Lipinski definition) is 5. The van der Waals surface area contributed by atoms with Gasteiger partial charge in [0.15, 0.2) is 5.82 Å². The lowest BCUT2D eigenvalue weighted by molar-refractivity contribution is 0.461. The van der Waals surface area contributed by atoms with E-state index in [1.807, 2.05) is 6.07 Å². The van der Waals surface area contributed by atoms with Crippen LogP contribution in [0.15, 0.2) is 30.3 Å². The lowest BCUT2D eigenvalue weighted by atomic mass is 10.0. The van der Waals surface area contributed by atoms with Crippen LogP contribution in [0.3, 0.4) is 0 Å². The monoisotopic (exact) mass is 321 g/mol. The zero-order valence-electron chi connectivity index (χ0n) is 13.8. The molecule has 0 spiro atoms. The molecule has 2 aromatic rings. The van der Waals surface area contributed by atoms with E-state index in [4.69, 9.17) is 9.97 Å². The standard InChI is InChI=1S/C19H23N5/c1-2-4-13(5-3-1)18-22-17-10-20-9-8-16(17)19(23-18)24-11-14-6-7-15(12-24)21-14/h1-5,14-15,20-21H,6-12H2/t14-,15+. The number of hydrogen-bond donors (Lipinski definition) is 2. The van der Waals surface area contributed by atoms with Crippen molar-refractivity contribution in [3.8, 4) is 11.4 Å². The molecule has 0 amide bonds. The molecule has 5 heteroatoms. The van der Waals surface area contributed by atoms with Crippen molar-refractivity contribution in [1.29, 1.82) is 0 Å². The summed E-state index contributed by atoms with van der Waals surface area (Å²) in [6.45, 7) is 4.01. The minimum Gasteiger partial charge on any atom is -0.353 e. The molecule has 0 aliphatic carbocycles. The molecule has 2 bridgehead atoms. The number of nitrogens with zero attached hydrogens (tertiary/aromatic N) is 3. The summed E-state index contributed by atoms with van der Waals surface area (Å²) in [6.07, 6.45) is 3.61. The molecule has 24 heavy (non-hydrogen) atoms. The molecule has 0 saturated carbocycles. The van der Waals surface area contributed by atoms with Gasteiger partial charge in [0.2, 0.25) is 0 Å². The number of rotatable bonds is 2. The van der Waals surface area contributed by atoms with E-state index in [2.05, 4.69) is 39.8 Å². The van der Waals surface area contributed by atoms with Gasteiger partial charge in [-0.2, -0.15) is 0 Å². The van der Waals surface area contributed by atoms with Crippen molar-refractivity contribution in [3.63, 3.8) is 0 Å². The molecule has 0 unspecified atom stereocenters. The van der Waals surface area contributed by atoms with E-state index >= 15 is 0 Å². The van der Waals surface area contributed by atoms with Crippen LogP contribution in [-0.4, -0.2) is 41.7 Å². The van der Waals surface area contributed by atoms with Crippen molar-refractivity contribution in [2.45, 2.75) is 37.9 Å². The summed E-state index contributed by atoms with van der Waals surface area (Å²) in [4.78, 5) is 12.4. The lowest BCUT2D eigenvalue weighted by Crippen LogP contribution is -2.52. The first kappa shape index (κ1) is 14.4. The van der Waals surface area contributed by atoms with Crippen LogP contribution in [0.5, 0.6) is 0 Å². The molecule has 1 aromatic heterocycles. The van der Waals surface area contributed by atoms with Gasteiger partial charge < -0.3 is 15.5 Å². The topological polar surface area (TPSA) is 53.1 Å². The van der Waals surface area contributed by atoms with Gasteiger partial charge >= 0.3 is 0 Å². The third-order valence-corrected chi connectivity index (χ3v) is 5.46. The molecule has 2 saturated heterocycles. The normalized spacial score (nSPS) is 25.6. The molecule has 3 aliphatic rings. The van der Waals surface area contributed by atoms with Crippen molar-refractivity contribution < 1.29 is 0 Å². The maximum absolute atomic E-state index is 5.04. The Hall–Kier alpha value is -1.98. The predicted molar refractivity (Wildman–Crippen MR) is 95.0 cm³/mol. The number of piperazine rings is 1. The maximum Gasteiger partial charge on any atom is 0.161 e. The molecule has 1 aromatic carbocycles. The number of fused-ring (bicyclic) bond motifs is 3. The van der Waals surface area contributed by atoms with Gasteiger partial charge in [-0.25, -0.2) is 9.97 Å². The van der Waals surface area contributed by atoms with Gasteiger partial charge in [-0.05, 0) is 25.8 Å². The molecule has 2 fully saturated rings. The van der Waals surface area contributed by atoms with Crippen molar-refractivity contribution in [1.82, 2.24) is 20.6 Å². The molecular weight excluding hydrogens is 298 g/mol. The average molecular weight is 321 g/mol. The van der Waals surface area contributed by atoms with Crippen LogP contribution in [0, 0.1) is 0 Å². The number of aromatic nitrogens is 2.